The van der Waals surface area contributed by atoms with Crippen LogP contribution in [0.5, 0.6) is 0 Å². The summed E-state index contributed by atoms with van der Waals surface area (Å²) in [6.07, 6.45) is 37.1. The Labute approximate surface area is 359 Å². The van der Waals surface area contributed by atoms with Crippen molar-refractivity contribution in [3.05, 3.63) is 0 Å². The molecule has 0 spiro atoms. The first-order valence-corrected chi connectivity index (χ1v) is 16.2. The van der Waals surface area contributed by atoms with Crippen molar-refractivity contribution in [1.29, 1.82) is 0 Å². The molecule has 0 heterocycles. The van der Waals surface area contributed by atoms with E-state index in [0.29, 0.717) is 6.61 Å². The number of unbranched alkanes of at least 4 members (excludes halogenated alkanes) is 25. The van der Waals surface area contributed by atoms with Gasteiger partial charge in [0.15, 0.2) is 0 Å². The molecule has 0 saturated carbocycles. The molecule has 9 heteroatoms. The van der Waals surface area contributed by atoms with Crippen molar-refractivity contribution < 1.29 is 179 Å². The van der Waals surface area contributed by atoms with Gasteiger partial charge in [0.2, 0.25) is 0 Å². The third-order valence-electron chi connectivity index (χ3n) is 6.51. The fraction of sp³-hybridized carbons (Fsp3) is 1.00. The maximum absolute atomic E-state index is 8.75. The zero-order chi connectivity index (χ0) is 25.6. The molecular formula is C28H58K3O5P. The Morgan fingerprint density at radius 3 is 0.676 bits per heavy atom. The first kappa shape index (κ1) is 51.6. The summed E-state index contributed by atoms with van der Waals surface area (Å²) in [5, 5.41) is 8.75. The molecule has 0 radical (unpaired) electrons. The van der Waals surface area contributed by atoms with E-state index in [2.05, 4.69) is 6.92 Å². The topological polar surface area (TPSA) is 106 Å². The normalized spacial score (nSPS) is 10.5. The predicted octanol–water partition coefficient (Wildman–Crippen LogP) is -1.67. The Morgan fingerprint density at radius 1 is 0.405 bits per heavy atom. The van der Waals surface area contributed by atoms with Crippen molar-refractivity contribution in [1.82, 2.24) is 0 Å². The number of hydrogen-bond acceptors (Lipinski definition) is 5. The molecular weight excluding hydrogens is 565 g/mol. The van der Waals surface area contributed by atoms with Crippen LogP contribution < -0.4 is 169 Å². The van der Waals surface area contributed by atoms with Gasteiger partial charge in [-0.2, -0.15) is 7.82 Å². The SMILES string of the molecule is CCCCCCCCCCCCCCCCCCCCCCCCCCCCO.O=P([O-])([O-])[O-].[K+].[K+].[K+]. The molecule has 0 saturated heterocycles. The summed E-state index contributed by atoms with van der Waals surface area (Å²) >= 11 is 0. The molecule has 0 aromatic carbocycles. The number of hydrogen-bond donors (Lipinski definition) is 1. The van der Waals surface area contributed by atoms with Crippen LogP contribution in [0.1, 0.15) is 174 Å². The summed E-state index contributed by atoms with van der Waals surface area (Å²) in [6, 6.07) is 0. The summed E-state index contributed by atoms with van der Waals surface area (Å²) in [4.78, 5) is 25.6. The van der Waals surface area contributed by atoms with E-state index < -0.39 is 7.82 Å². The van der Waals surface area contributed by atoms with Crippen molar-refractivity contribution in [2.75, 3.05) is 6.61 Å². The van der Waals surface area contributed by atoms with E-state index in [1.165, 1.54) is 161 Å². The van der Waals surface area contributed by atoms with Crippen molar-refractivity contribution in [2.45, 2.75) is 174 Å². The standard InChI is InChI=1S/C28H58O.3K.H3O4P/c1-2-3-4-5-6-7-8-9-10-11-12-13-14-15-16-17-18-19-20-21-22-23-24-25-26-27-28-29;;;;1-5(2,3)4/h29H,2-28H2,1H3;;;;(H3,1,2,3,4)/q;3*+1;/p-3. The molecule has 0 unspecified atom stereocenters. The van der Waals surface area contributed by atoms with E-state index in [-0.39, 0.29) is 154 Å². The molecule has 5 nitrogen and oxygen atoms in total. The van der Waals surface area contributed by atoms with Gasteiger partial charge in [-0.05, 0) is 6.42 Å². The second kappa shape index (κ2) is 45.4. The first-order chi connectivity index (χ1) is 16.4. The molecule has 0 aliphatic carbocycles. The van der Waals surface area contributed by atoms with Gasteiger partial charge in [-0.15, -0.1) is 0 Å². The van der Waals surface area contributed by atoms with Crippen LogP contribution in [0.25, 0.3) is 0 Å². The summed E-state index contributed by atoms with van der Waals surface area (Å²) in [5.41, 5.74) is 0. The number of phosphoric acid groups is 1. The molecule has 0 atom stereocenters. The fourth-order valence-corrected chi connectivity index (χ4v) is 4.43. The summed E-state index contributed by atoms with van der Waals surface area (Å²) in [6.45, 7) is 2.67. The van der Waals surface area contributed by atoms with Gasteiger partial charge >= 0.3 is 154 Å². The maximum Gasteiger partial charge on any atom is 1.00 e. The summed E-state index contributed by atoms with van der Waals surface area (Å²) in [7, 11) is -5.39. The van der Waals surface area contributed by atoms with Crippen LogP contribution in [0, 0.1) is 0 Å². The Morgan fingerprint density at radius 2 is 0.541 bits per heavy atom. The maximum atomic E-state index is 8.75. The second-order valence-electron chi connectivity index (χ2n) is 10.0. The van der Waals surface area contributed by atoms with Crippen LogP contribution in [-0.2, 0) is 4.57 Å². The number of aliphatic hydroxyl groups is 1. The van der Waals surface area contributed by atoms with E-state index in [0.717, 1.165) is 6.42 Å². The second-order valence-corrected chi connectivity index (χ2v) is 10.9. The number of rotatable bonds is 26. The molecule has 0 aliphatic rings. The molecule has 1 N–H and O–H groups in total. The molecule has 0 amide bonds. The zero-order valence-corrected chi connectivity index (χ0v) is 35.9. The van der Waals surface area contributed by atoms with Gasteiger partial charge in [-0.25, -0.2) is 0 Å². The number of aliphatic hydroxyl groups excluding tert-OH is 1. The van der Waals surface area contributed by atoms with Gasteiger partial charge < -0.3 is 24.4 Å². The van der Waals surface area contributed by atoms with E-state index in [1.54, 1.807) is 0 Å². The molecule has 37 heavy (non-hydrogen) atoms. The molecule has 0 rings (SSSR count). The van der Waals surface area contributed by atoms with Crippen LogP contribution >= 0.6 is 7.82 Å². The quantitative estimate of drug-likeness (QED) is 0.0706. The van der Waals surface area contributed by atoms with Gasteiger partial charge in [-0.3, -0.25) is 0 Å². The van der Waals surface area contributed by atoms with Gasteiger partial charge in [0.05, 0.1) is 0 Å². The van der Waals surface area contributed by atoms with E-state index >= 15 is 0 Å². The van der Waals surface area contributed by atoms with Crippen LogP contribution in [0.2, 0.25) is 0 Å². The van der Waals surface area contributed by atoms with E-state index in [1.807, 2.05) is 0 Å². The van der Waals surface area contributed by atoms with Crippen LogP contribution in [0.15, 0.2) is 0 Å². The zero-order valence-electron chi connectivity index (χ0n) is 25.6. The fourth-order valence-electron chi connectivity index (χ4n) is 4.43. The average molecular weight is 623 g/mol. The average Bonchev–Trinajstić information content (AvgIpc) is 2.78. The minimum atomic E-state index is -5.39. The Balaban J connectivity index is -0.000000387. The minimum Gasteiger partial charge on any atom is -0.822 e. The van der Waals surface area contributed by atoms with Crippen molar-refractivity contribution in [3.63, 3.8) is 0 Å². The molecule has 0 aromatic heterocycles. The van der Waals surface area contributed by atoms with Crippen LogP contribution in [0.4, 0.5) is 0 Å². The van der Waals surface area contributed by atoms with Gasteiger partial charge in [0.1, 0.15) is 0 Å². The molecule has 0 bridgehead atoms. The molecule has 0 fully saturated rings. The Hall–Kier alpha value is 4.98. The Bertz CT molecular complexity index is 381. The summed E-state index contributed by atoms with van der Waals surface area (Å²) in [5.74, 6) is 0. The van der Waals surface area contributed by atoms with Crippen LogP contribution in [-0.4, -0.2) is 11.7 Å². The van der Waals surface area contributed by atoms with Crippen LogP contribution in [0.3, 0.4) is 0 Å². The summed E-state index contributed by atoms with van der Waals surface area (Å²) < 4.78 is 8.55. The smallest absolute Gasteiger partial charge is 0.822 e. The molecule has 0 aromatic rings. The molecule has 208 valence electrons. The third-order valence-corrected chi connectivity index (χ3v) is 6.51. The van der Waals surface area contributed by atoms with Gasteiger partial charge in [0, 0.05) is 6.61 Å². The molecule has 0 aliphatic heterocycles. The largest absolute Gasteiger partial charge is 1.00 e. The van der Waals surface area contributed by atoms with Gasteiger partial charge in [-0.1, -0.05) is 167 Å². The van der Waals surface area contributed by atoms with Crippen molar-refractivity contribution >= 4 is 7.82 Å². The van der Waals surface area contributed by atoms with Gasteiger partial charge in [0.25, 0.3) is 0 Å². The monoisotopic (exact) mass is 622 g/mol. The van der Waals surface area contributed by atoms with E-state index in [4.69, 9.17) is 24.4 Å². The van der Waals surface area contributed by atoms with Crippen molar-refractivity contribution in [3.8, 4) is 0 Å². The minimum absolute atomic E-state index is 0. The van der Waals surface area contributed by atoms with E-state index in [9.17, 15) is 0 Å². The third kappa shape index (κ3) is 64.9. The Kier molecular flexibility index (Phi) is 63.3. The van der Waals surface area contributed by atoms with Crippen molar-refractivity contribution in [2.24, 2.45) is 0 Å². The predicted molar refractivity (Wildman–Crippen MR) is 140 cm³/mol. The first-order valence-electron chi connectivity index (χ1n) is 14.8.